The van der Waals surface area contributed by atoms with E-state index in [-0.39, 0.29) is 18.4 Å². The van der Waals surface area contributed by atoms with Crippen molar-refractivity contribution in [2.45, 2.75) is 0 Å². The molecule has 0 spiro atoms. The van der Waals surface area contributed by atoms with E-state index in [0.717, 1.165) is 0 Å². The van der Waals surface area contributed by atoms with Gasteiger partial charge in [0, 0.05) is 46.7 Å². The highest BCUT2D eigenvalue weighted by molar-refractivity contribution is 5.94. The lowest BCUT2D eigenvalue weighted by molar-refractivity contribution is -0.118. The second-order valence-corrected chi connectivity index (χ2v) is 6.21. The molecule has 28 heavy (non-hydrogen) atoms. The molecule has 3 rings (SSSR count). The number of nitrogens with one attached hydrogen (secondary N) is 1. The zero-order valence-corrected chi connectivity index (χ0v) is 16.1. The Bertz CT molecular complexity index is 924. The van der Waals surface area contributed by atoms with Crippen molar-refractivity contribution in [3.63, 3.8) is 0 Å². The standard InChI is InChI=1S/C17H21N9O2/c1-24(2)16-12(10-18-17(21-16)25(3)4)20-14(27)11-28-15-7-6-13(22-23-15)26-9-5-8-19-26/h5-10H,11H2,1-4H3,(H,20,27). The first-order chi connectivity index (χ1) is 13.4. The second-order valence-electron chi connectivity index (χ2n) is 6.21. The summed E-state index contributed by atoms with van der Waals surface area (Å²) in [6.07, 6.45) is 4.96. The second kappa shape index (κ2) is 8.29. The molecule has 0 saturated heterocycles. The van der Waals surface area contributed by atoms with Gasteiger partial charge in [0.15, 0.2) is 18.2 Å². The zero-order valence-electron chi connectivity index (χ0n) is 16.1. The monoisotopic (exact) mass is 383 g/mol. The first-order valence-electron chi connectivity index (χ1n) is 8.42. The molecule has 0 saturated carbocycles. The Morgan fingerprint density at radius 2 is 2.00 bits per heavy atom. The van der Waals surface area contributed by atoms with Gasteiger partial charge in [-0.1, -0.05) is 0 Å². The molecule has 3 aromatic rings. The molecule has 11 heteroatoms. The Hall–Kier alpha value is -3.76. The summed E-state index contributed by atoms with van der Waals surface area (Å²) in [5.41, 5.74) is 0.490. The molecule has 0 fully saturated rings. The van der Waals surface area contributed by atoms with Crippen molar-refractivity contribution in [2.24, 2.45) is 0 Å². The fourth-order valence-corrected chi connectivity index (χ4v) is 2.25. The topological polar surface area (TPSA) is 114 Å². The van der Waals surface area contributed by atoms with Gasteiger partial charge in [-0.05, 0) is 12.1 Å². The van der Waals surface area contributed by atoms with E-state index in [1.165, 1.54) is 0 Å². The van der Waals surface area contributed by atoms with Gasteiger partial charge in [-0.3, -0.25) is 4.79 Å². The molecule has 3 heterocycles. The maximum Gasteiger partial charge on any atom is 0.262 e. The molecule has 0 aliphatic rings. The van der Waals surface area contributed by atoms with Gasteiger partial charge in [-0.2, -0.15) is 10.1 Å². The highest BCUT2D eigenvalue weighted by atomic mass is 16.5. The summed E-state index contributed by atoms with van der Waals surface area (Å²) in [5.74, 6) is 1.57. The summed E-state index contributed by atoms with van der Waals surface area (Å²) in [7, 11) is 7.37. The third-order valence-electron chi connectivity index (χ3n) is 3.57. The van der Waals surface area contributed by atoms with Gasteiger partial charge < -0.3 is 19.9 Å². The maximum absolute atomic E-state index is 12.3. The maximum atomic E-state index is 12.3. The lowest BCUT2D eigenvalue weighted by Crippen LogP contribution is -2.24. The first kappa shape index (κ1) is 19.0. The summed E-state index contributed by atoms with van der Waals surface area (Å²) >= 11 is 0. The molecule has 0 bridgehead atoms. The molecule has 0 aliphatic heterocycles. The van der Waals surface area contributed by atoms with Gasteiger partial charge >= 0.3 is 0 Å². The molecular weight excluding hydrogens is 362 g/mol. The molecule has 0 radical (unpaired) electrons. The molecule has 0 unspecified atom stereocenters. The molecule has 1 N–H and O–H groups in total. The molecule has 3 aromatic heterocycles. The van der Waals surface area contributed by atoms with Crippen LogP contribution in [0.5, 0.6) is 5.88 Å². The Morgan fingerprint density at radius 1 is 1.18 bits per heavy atom. The Balaban J connectivity index is 1.61. The lowest BCUT2D eigenvalue weighted by Gasteiger charge is -2.19. The fourth-order valence-electron chi connectivity index (χ4n) is 2.25. The fraction of sp³-hybridized carbons (Fsp3) is 0.294. The Morgan fingerprint density at radius 3 is 2.61 bits per heavy atom. The van der Waals surface area contributed by atoms with E-state index in [1.54, 1.807) is 51.3 Å². The van der Waals surface area contributed by atoms with Crippen molar-refractivity contribution < 1.29 is 9.53 Å². The van der Waals surface area contributed by atoms with E-state index < -0.39 is 0 Å². The average molecular weight is 383 g/mol. The third kappa shape index (κ3) is 4.50. The molecule has 1 amide bonds. The zero-order chi connectivity index (χ0) is 20.1. The molecule has 0 atom stereocenters. The number of aromatic nitrogens is 6. The van der Waals surface area contributed by atoms with E-state index in [1.807, 2.05) is 28.2 Å². The van der Waals surface area contributed by atoms with Crippen LogP contribution in [0.25, 0.3) is 5.82 Å². The number of carbonyl (C=O) groups excluding carboxylic acids is 1. The number of rotatable bonds is 7. The lowest BCUT2D eigenvalue weighted by atomic mass is 10.4. The van der Waals surface area contributed by atoms with E-state index in [0.29, 0.717) is 23.3 Å². The number of ether oxygens (including phenoxy) is 1. The number of hydrogen-bond acceptors (Lipinski definition) is 9. The van der Waals surface area contributed by atoms with Gasteiger partial charge in [-0.15, -0.1) is 10.2 Å². The van der Waals surface area contributed by atoms with Crippen molar-refractivity contribution in [2.75, 3.05) is 49.9 Å². The minimum atomic E-state index is -0.359. The van der Waals surface area contributed by atoms with E-state index >= 15 is 0 Å². The van der Waals surface area contributed by atoms with Gasteiger partial charge in [0.25, 0.3) is 5.91 Å². The highest BCUT2D eigenvalue weighted by Crippen LogP contribution is 2.22. The van der Waals surface area contributed by atoms with Crippen LogP contribution in [0.1, 0.15) is 0 Å². The minimum absolute atomic E-state index is 0.224. The van der Waals surface area contributed by atoms with Crippen molar-refractivity contribution in [3.05, 3.63) is 36.8 Å². The summed E-state index contributed by atoms with van der Waals surface area (Å²) in [6.45, 7) is -0.224. The highest BCUT2D eigenvalue weighted by Gasteiger charge is 2.14. The third-order valence-corrected chi connectivity index (χ3v) is 3.57. The van der Waals surface area contributed by atoms with Crippen LogP contribution in [0, 0.1) is 0 Å². The number of nitrogens with zero attached hydrogens (tertiary/aromatic N) is 8. The summed E-state index contributed by atoms with van der Waals surface area (Å²) < 4.78 is 6.97. The van der Waals surface area contributed by atoms with Crippen LogP contribution in [0.2, 0.25) is 0 Å². The van der Waals surface area contributed by atoms with Crippen molar-refractivity contribution >= 4 is 23.4 Å². The number of anilines is 3. The largest absolute Gasteiger partial charge is 0.466 e. The number of amides is 1. The molecule has 0 aromatic carbocycles. The smallest absolute Gasteiger partial charge is 0.262 e. The first-order valence-corrected chi connectivity index (χ1v) is 8.42. The molecular formula is C17H21N9O2. The molecule has 11 nitrogen and oxygen atoms in total. The quantitative estimate of drug-likeness (QED) is 0.626. The minimum Gasteiger partial charge on any atom is -0.466 e. The van der Waals surface area contributed by atoms with Gasteiger partial charge in [-0.25, -0.2) is 9.67 Å². The van der Waals surface area contributed by atoms with Crippen LogP contribution in [0.4, 0.5) is 17.5 Å². The van der Waals surface area contributed by atoms with Crippen LogP contribution in [-0.2, 0) is 4.79 Å². The molecule has 146 valence electrons. The predicted octanol–water partition coefficient (Wildman–Crippen LogP) is 0.602. The summed E-state index contributed by atoms with van der Waals surface area (Å²) in [4.78, 5) is 24.5. The summed E-state index contributed by atoms with van der Waals surface area (Å²) in [6, 6.07) is 5.11. The SMILES string of the molecule is CN(C)c1ncc(NC(=O)COc2ccc(-n3cccn3)nn2)c(N(C)C)n1. The van der Waals surface area contributed by atoms with Crippen LogP contribution in [-0.4, -0.2) is 70.7 Å². The predicted molar refractivity (Wildman–Crippen MR) is 104 cm³/mol. The van der Waals surface area contributed by atoms with Gasteiger partial charge in [0.2, 0.25) is 11.8 Å². The van der Waals surface area contributed by atoms with E-state index in [9.17, 15) is 4.79 Å². The van der Waals surface area contributed by atoms with E-state index in [2.05, 4.69) is 30.6 Å². The van der Waals surface area contributed by atoms with Crippen LogP contribution >= 0.6 is 0 Å². The van der Waals surface area contributed by atoms with Crippen molar-refractivity contribution in [1.29, 1.82) is 0 Å². The Labute approximate surface area is 162 Å². The molecule has 0 aliphatic carbocycles. The van der Waals surface area contributed by atoms with Crippen LogP contribution in [0.3, 0.4) is 0 Å². The van der Waals surface area contributed by atoms with Crippen molar-refractivity contribution in [1.82, 2.24) is 29.9 Å². The van der Waals surface area contributed by atoms with Crippen molar-refractivity contribution in [3.8, 4) is 11.7 Å². The van der Waals surface area contributed by atoms with Gasteiger partial charge in [0.1, 0.15) is 5.69 Å². The van der Waals surface area contributed by atoms with Crippen LogP contribution in [0.15, 0.2) is 36.8 Å². The van der Waals surface area contributed by atoms with Gasteiger partial charge in [0.05, 0.1) is 6.20 Å². The summed E-state index contributed by atoms with van der Waals surface area (Å²) in [5, 5.41) is 14.8. The average Bonchev–Trinajstić information content (AvgIpc) is 3.21. The Kier molecular flexibility index (Phi) is 5.63. The van der Waals surface area contributed by atoms with E-state index in [4.69, 9.17) is 4.74 Å². The number of hydrogen-bond donors (Lipinski definition) is 1. The van der Waals surface area contributed by atoms with Crippen LogP contribution < -0.4 is 19.9 Å². The normalized spacial score (nSPS) is 10.4. The number of carbonyl (C=O) groups is 1.